The van der Waals surface area contributed by atoms with Crippen LogP contribution in [0, 0.1) is 10.1 Å². The van der Waals surface area contributed by atoms with Crippen LogP contribution in [0.1, 0.15) is 53.3 Å². The predicted molar refractivity (Wildman–Crippen MR) is 107 cm³/mol. The van der Waals surface area contributed by atoms with E-state index in [1.54, 1.807) is 12.1 Å². The Bertz CT molecular complexity index is 892. The number of carbonyl (C=O) groups is 3. The van der Waals surface area contributed by atoms with Gasteiger partial charge in [-0.2, -0.15) is 0 Å². The number of hydrogen-bond donors (Lipinski definition) is 1. The van der Waals surface area contributed by atoms with Gasteiger partial charge in [0, 0.05) is 23.7 Å². The van der Waals surface area contributed by atoms with Crippen LogP contribution in [-0.4, -0.2) is 29.2 Å². The number of nitro groups is 1. The highest BCUT2D eigenvalue weighted by Crippen LogP contribution is 2.19. The molecule has 0 aliphatic carbocycles. The van der Waals surface area contributed by atoms with Crippen molar-refractivity contribution in [3.8, 4) is 0 Å². The molecule has 0 heterocycles. The number of Topliss-reactive ketones (excluding diaryl/α,β-unsaturated/α-hetero) is 1. The number of rotatable bonds is 10. The summed E-state index contributed by atoms with van der Waals surface area (Å²) in [7, 11) is 0. The third-order valence-electron chi connectivity index (χ3n) is 4.15. The molecule has 0 unspecified atom stereocenters. The molecule has 2 rings (SSSR count). The number of ketones is 1. The highest BCUT2D eigenvalue weighted by molar-refractivity contribution is 6.00. The van der Waals surface area contributed by atoms with E-state index in [1.165, 1.54) is 36.4 Å². The molecule has 0 saturated heterocycles. The van der Waals surface area contributed by atoms with Gasteiger partial charge in [-0.15, -0.1) is 0 Å². The zero-order valence-corrected chi connectivity index (χ0v) is 16.1. The fourth-order valence-electron chi connectivity index (χ4n) is 2.60. The van der Waals surface area contributed by atoms with Crippen LogP contribution < -0.4 is 5.32 Å². The Morgan fingerprint density at radius 1 is 1.03 bits per heavy atom. The maximum absolute atomic E-state index is 12.2. The lowest BCUT2D eigenvalue weighted by Gasteiger charge is -2.07. The number of unbranched alkanes of at least 4 members (excludes halogenated alkanes) is 2. The monoisotopic (exact) mass is 398 g/mol. The molecule has 0 saturated carbocycles. The average molecular weight is 398 g/mol. The Morgan fingerprint density at radius 2 is 1.72 bits per heavy atom. The molecule has 0 radical (unpaired) electrons. The molecule has 2 aromatic carbocycles. The molecule has 1 amide bonds. The molecule has 0 aromatic heterocycles. The molecule has 152 valence electrons. The smallest absolute Gasteiger partial charge is 0.345 e. The van der Waals surface area contributed by atoms with Gasteiger partial charge in [0.15, 0.2) is 12.4 Å². The van der Waals surface area contributed by atoms with Crippen LogP contribution in [0.25, 0.3) is 0 Å². The van der Waals surface area contributed by atoms with E-state index in [4.69, 9.17) is 4.74 Å². The first-order valence-electron chi connectivity index (χ1n) is 9.26. The Morgan fingerprint density at radius 3 is 2.38 bits per heavy atom. The molecule has 0 atom stereocenters. The van der Waals surface area contributed by atoms with Crippen LogP contribution in [0.2, 0.25) is 0 Å². The van der Waals surface area contributed by atoms with Crippen molar-refractivity contribution < 1.29 is 24.0 Å². The van der Waals surface area contributed by atoms with Gasteiger partial charge in [-0.1, -0.05) is 31.9 Å². The molecule has 2 aromatic rings. The van der Waals surface area contributed by atoms with Gasteiger partial charge in [-0.25, -0.2) is 4.79 Å². The first-order chi connectivity index (χ1) is 13.9. The summed E-state index contributed by atoms with van der Waals surface area (Å²) < 4.78 is 4.92. The van der Waals surface area contributed by atoms with E-state index in [1.807, 2.05) is 0 Å². The summed E-state index contributed by atoms with van der Waals surface area (Å²) in [4.78, 5) is 46.4. The number of esters is 1. The van der Waals surface area contributed by atoms with Crippen LogP contribution in [0.5, 0.6) is 0 Å². The molecule has 8 heteroatoms. The normalized spacial score (nSPS) is 10.2. The third kappa shape index (κ3) is 6.53. The molecule has 0 aliphatic rings. The summed E-state index contributed by atoms with van der Waals surface area (Å²) in [5, 5.41) is 13.7. The van der Waals surface area contributed by atoms with Gasteiger partial charge in [0.1, 0.15) is 5.56 Å². The van der Waals surface area contributed by atoms with Crippen molar-refractivity contribution in [2.24, 2.45) is 0 Å². The second-order valence-corrected chi connectivity index (χ2v) is 6.36. The molecule has 0 spiro atoms. The zero-order chi connectivity index (χ0) is 21.2. The summed E-state index contributed by atoms with van der Waals surface area (Å²) in [5.74, 6) is -1.49. The fourth-order valence-corrected chi connectivity index (χ4v) is 2.60. The van der Waals surface area contributed by atoms with Gasteiger partial charge in [0.2, 0.25) is 5.91 Å². The minimum absolute atomic E-state index is 0.0871. The highest BCUT2D eigenvalue weighted by atomic mass is 16.6. The van der Waals surface area contributed by atoms with Crippen LogP contribution in [0.15, 0.2) is 48.5 Å². The molecular weight excluding hydrogens is 376 g/mol. The van der Waals surface area contributed by atoms with E-state index in [-0.39, 0.29) is 17.2 Å². The van der Waals surface area contributed by atoms with Crippen LogP contribution in [0.3, 0.4) is 0 Å². The summed E-state index contributed by atoms with van der Waals surface area (Å²) in [5.41, 5.74) is 0.264. The van der Waals surface area contributed by atoms with Crippen LogP contribution in [0.4, 0.5) is 11.4 Å². The first kappa shape index (κ1) is 21.7. The maximum atomic E-state index is 12.2. The van der Waals surface area contributed by atoms with Gasteiger partial charge in [-0.3, -0.25) is 19.7 Å². The number of hydrogen-bond acceptors (Lipinski definition) is 6. The molecule has 8 nitrogen and oxygen atoms in total. The standard InChI is InChI=1S/C21H22N2O6/c1-2-3-4-9-20(25)22-16-12-10-15(11-13-16)19(24)14-29-21(26)17-7-5-6-8-18(17)23(27)28/h5-8,10-13H,2-4,9,14H2,1H3,(H,22,25). The average Bonchev–Trinajstić information content (AvgIpc) is 2.72. The molecule has 0 bridgehead atoms. The number of benzene rings is 2. The fraction of sp³-hybridized carbons (Fsp3) is 0.286. The van der Waals surface area contributed by atoms with Crippen LogP contribution in [-0.2, 0) is 9.53 Å². The number of ether oxygens (including phenoxy) is 1. The van der Waals surface area contributed by atoms with Gasteiger partial charge in [0.05, 0.1) is 4.92 Å². The Kier molecular flexibility index (Phi) is 8.02. The van der Waals surface area contributed by atoms with E-state index in [9.17, 15) is 24.5 Å². The lowest BCUT2D eigenvalue weighted by atomic mass is 10.1. The topological polar surface area (TPSA) is 116 Å². The van der Waals surface area contributed by atoms with Gasteiger partial charge < -0.3 is 10.1 Å². The quantitative estimate of drug-likeness (QED) is 0.211. The number of para-hydroxylation sites is 1. The van der Waals surface area contributed by atoms with Crippen molar-refractivity contribution in [3.05, 3.63) is 69.8 Å². The van der Waals surface area contributed by atoms with Crippen molar-refractivity contribution >= 4 is 29.0 Å². The molecule has 29 heavy (non-hydrogen) atoms. The number of amides is 1. The van der Waals surface area contributed by atoms with E-state index >= 15 is 0 Å². The summed E-state index contributed by atoms with van der Waals surface area (Å²) >= 11 is 0. The molecule has 1 N–H and O–H groups in total. The van der Waals surface area contributed by atoms with E-state index in [0.29, 0.717) is 17.7 Å². The number of nitro benzene ring substituents is 1. The van der Waals surface area contributed by atoms with E-state index in [2.05, 4.69) is 12.2 Å². The molecule has 0 aliphatic heterocycles. The van der Waals surface area contributed by atoms with E-state index < -0.39 is 23.3 Å². The van der Waals surface area contributed by atoms with Gasteiger partial charge in [-0.05, 0) is 36.8 Å². The minimum atomic E-state index is -0.943. The number of carbonyl (C=O) groups excluding carboxylic acids is 3. The van der Waals surface area contributed by atoms with Crippen molar-refractivity contribution in [1.29, 1.82) is 0 Å². The second-order valence-electron chi connectivity index (χ2n) is 6.36. The molecule has 0 fully saturated rings. The summed E-state index contributed by atoms with van der Waals surface area (Å²) in [6, 6.07) is 11.6. The lowest BCUT2D eigenvalue weighted by Crippen LogP contribution is -2.15. The number of anilines is 1. The van der Waals surface area contributed by atoms with Gasteiger partial charge in [0.25, 0.3) is 5.69 Å². The SMILES string of the molecule is CCCCCC(=O)Nc1ccc(C(=O)COC(=O)c2ccccc2[N+](=O)[O-])cc1. The zero-order valence-electron chi connectivity index (χ0n) is 16.1. The number of nitrogens with zero attached hydrogens (tertiary/aromatic N) is 1. The summed E-state index contributed by atoms with van der Waals surface area (Å²) in [6.45, 7) is 1.51. The van der Waals surface area contributed by atoms with Gasteiger partial charge >= 0.3 is 5.97 Å². The predicted octanol–water partition coefficient (Wildman–Crippen LogP) is 4.15. The third-order valence-corrected chi connectivity index (χ3v) is 4.15. The van der Waals surface area contributed by atoms with Crippen LogP contribution >= 0.6 is 0 Å². The molecular formula is C21H22N2O6. The number of nitrogens with one attached hydrogen (secondary N) is 1. The maximum Gasteiger partial charge on any atom is 0.345 e. The van der Waals surface area contributed by atoms with Crippen molar-refractivity contribution in [2.75, 3.05) is 11.9 Å². The highest BCUT2D eigenvalue weighted by Gasteiger charge is 2.21. The van der Waals surface area contributed by atoms with E-state index in [0.717, 1.165) is 19.3 Å². The lowest BCUT2D eigenvalue weighted by molar-refractivity contribution is -0.385. The Labute approximate surface area is 168 Å². The van der Waals surface area contributed by atoms with Crippen molar-refractivity contribution in [1.82, 2.24) is 0 Å². The minimum Gasteiger partial charge on any atom is -0.454 e. The largest absolute Gasteiger partial charge is 0.454 e. The second kappa shape index (κ2) is 10.7. The first-order valence-corrected chi connectivity index (χ1v) is 9.26. The summed E-state index contributed by atoms with van der Waals surface area (Å²) in [6.07, 6.45) is 3.29. The van der Waals surface area contributed by atoms with Crippen molar-refractivity contribution in [2.45, 2.75) is 32.6 Å². The Hall–Kier alpha value is -3.55. The Balaban J connectivity index is 1.90. The van der Waals surface area contributed by atoms with Crippen molar-refractivity contribution in [3.63, 3.8) is 0 Å².